The molecule has 32 heavy (non-hydrogen) atoms. The first-order valence-electron chi connectivity index (χ1n) is 10.8. The van der Waals surface area contributed by atoms with Crippen molar-refractivity contribution in [1.29, 1.82) is 0 Å². The first-order chi connectivity index (χ1) is 14.9. The van der Waals surface area contributed by atoms with Crippen LogP contribution >= 0.6 is 28.3 Å². The number of hydrogen-bond donors (Lipinski definition) is 2. The van der Waals surface area contributed by atoms with Crippen LogP contribution in [0.25, 0.3) is 11.3 Å². The van der Waals surface area contributed by atoms with Crippen molar-refractivity contribution in [3.8, 4) is 11.3 Å². The Kier molecular flexibility index (Phi) is 13.3. The Morgan fingerprint density at radius 2 is 1.56 bits per heavy atom. The number of aliphatic hydroxyl groups excluding tert-OH is 2. The maximum absolute atomic E-state index is 13.2. The number of aromatic nitrogens is 1. The molecule has 0 radical (unpaired) electrons. The minimum Gasteiger partial charge on any atom is -0.396 e. The van der Waals surface area contributed by atoms with Crippen molar-refractivity contribution < 1.29 is 14.6 Å². The summed E-state index contributed by atoms with van der Waals surface area (Å²) in [5.74, 6) is -0.253. The minimum absolute atomic E-state index is 0. The van der Waals surface area contributed by atoms with Crippen LogP contribution in [0, 0.1) is 12.7 Å². The van der Waals surface area contributed by atoms with Crippen LogP contribution in [-0.4, -0.2) is 27.5 Å². The summed E-state index contributed by atoms with van der Waals surface area (Å²) in [6, 6.07) is 14.8. The Labute approximate surface area is 204 Å². The number of rotatable bonds is 8. The molecule has 2 aromatic carbocycles. The van der Waals surface area contributed by atoms with Crippen molar-refractivity contribution in [3.63, 3.8) is 0 Å². The summed E-state index contributed by atoms with van der Waals surface area (Å²) in [5.41, 5.74) is 4.32. The van der Waals surface area contributed by atoms with Gasteiger partial charge in [0.1, 0.15) is 5.82 Å². The predicted octanol–water partition coefficient (Wildman–Crippen LogP) is 6.41. The molecule has 3 rings (SSSR count). The quantitative estimate of drug-likeness (QED) is 0.334. The van der Waals surface area contributed by atoms with Crippen LogP contribution in [-0.2, 0) is 6.54 Å². The number of nitrogens with zero attached hydrogens (tertiary/aromatic N) is 2. The largest absolute Gasteiger partial charge is 0.396 e. The lowest BCUT2D eigenvalue weighted by Crippen LogP contribution is -2.16. The number of hydrogen-bond acceptors (Lipinski definition) is 4. The zero-order valence-corrected chi connectivity index (χ0v) is 21.5. The highest BCUT2D eigenvalue weighted by atomic mass is 79.9. The lowest BCUT2D eigenvalue weighted by atomic mass is 10.1. The number of aryl methyl sites for hydroxylation is 1. The minimum atomic E-state index is -0.253. The molecule has 1 aromatic heterocycles. The Bertz CT molecular complexity index is 964. The van der Waals surface area contributed by atoms with Crippen LogP contribution in [0.3, 0.4) is 0 Å². The predicted molar refractivity (Wildman–Crippen MR) is 137 cm³/mol. The van der Waals surface area contributed by atoms with Gasteiger partial charge in [-0.05, 0) is 63.4 Å². The monoisotopic (exact) mass is 524 g/mol. The van der Waals surface area contributed by atoms with Crippen molar-refractivity contribution >= 4 is 34.0 Å². The number of benzene rings is 2. The third kappa shape index (κ3) is 9.77. The summed E-state index contributed by atoms with van der Waals surface area (Å²) in [4.78, 5) is 5.65. The van der Waals surface area contributed by atoms with Gasteiger partial charge in [-0.2, -0.15) is 0 Å². The normalized spacial score (nSPS) is 11.2. The molecule has 3 aromatic rings. The summed E-state index contributed by atoms with van der Waals surface area (Å²) < 4.78 is 15.4. The molecule has 0 saturated carbocycles. The van der Waals surface area contributed by atoms with Gasteiger partial charge in [-0.25, -0.2) is 9.38 Å². The summed E-state index contributed by atoms with van der Waals surface area (Å²) >= 11 is 1.61. The SMILES string of the molecule is Br.CC(C)O.Cc1ccc(-c2csc(=Nc3ccc(F)cc3)n2CCCCCCO)cc1. The van der Waals surface area contributed by atoms with E-state index in [2.05, 4.69) is 41.1 Å². The molecule has 176 valence electrons. The molecule has 0 spiro atoms. The third-order valence-electron chi connectivity index (χ3n) is 4.49. The van der Waals surface area contributed by atoms with Gasteiger partial charge in [0.05, 0.1) is 11.4 Å². The molecule has 0 aliphatic rings. The number of aliphatic hydroxyl groups is 2. The molecule has 0 atom stereocenters. The Morgan fingerprint density at radius 3 is 2.16 bits per heavy atom. The second-order valence-electron chi connectivity index (χ2n) is 7.74. The molecule has 0 saturated heterocycles. The smallest absolute Gasteiger partial charge is 0.190 e. The fraction of sp³-hybridized carbons (Fsp3) is 0.400. The van der Waals surface area contributed by atoms with Crippen LogP contribution in [0.5, 0.6) is 0 Å². The first-order valence-corrected chi connectivity index (χ1v) is 11.6. The highest BCUT2D eigenvalue weighted by Crippen LogP contribution is 2.22. The van der Waals surface area contributed by atoms with Gasteiger partial charge < -0.3 is 14.8 Å². The second-order valence-corrected chi connectivity index (χ2v) is 8.58. The van der Waals surface area contributed by atoms with E-state index in [1.807, 2.05) is 0 Å². The zero-order valence-electron chi connectivity index (χ0n) is 19.0. The molecule has 0 amide bonds. The molecule has 0 aliphatic heterocycles. The van der Waals surface area contributed by atoms with Gasteiger partial charge in [0.15, 0.2) is 4.80 Å². The standard InChI is InChI=1S/C22H25FN2OS.C3H8O.BrH/c1-17-6-8-18(9-7-17)21-16-27-22(24-20-12-10-19(23)11-13-20)25(21)14-4-2-3-5-15-26;1-3(2)4;/h6-13,16,26H,2-5,14-15H2,1H3;3-4H,1-2H3;1H. The van der Waals surface area contributed by atoms with E-state index < -0.39 is 0 Å². The van der Waals surface area contributed by atoms with Crippen LogP contribution in [0.1, 0.15) is 45.1 Å². The lowest BCUT2D eigenvalue weighted by molar-refractivity contribution is 0.216. The molecule has 4 nitrogen and oxygen atoms in total. The molecular weight excluding hydrogens is 491 g/mol. The highest BCUT2D eigenvalue weighted by Gasteiger charge is 2.08. The molecular formula is C25H34BrFN2O2S. The Balaban J connectivity index is 0.000000945. The van der Waals surface area contributed by atoms with Gasteiger partial charge in [0.25, 0.3) is 0 Å². The van der Waals surface area contributed by atoms with Crippen molar-refractivity contribution in [3.05, 3.63) is 70.1 Å². The fourth-order valence-corrected chi connectivity index (χ4v) is 3.91. The van der Waals surface area contributed by atoms with E-state index in [0.29, 0.717) is 0 Å². The van der Waals surface area contributed by atoms with E-state index in [9.17, 15) is 4.39 Å². The Hall–Kier alpha value is -1.80. The third-order valence-corrected chi connectivity index (χ3v) is 5.35. The molecule has 1 heterocycles. The number of unbranched alkanes of at least 4 members (excludes halogenated alkanes) is 3. The van der Waals surface area contributed by atoms with Gasteiger partial charge in [-0.3, -0.25) is 0 Å². The van der Waals surface area contributed by atoms with E-state index in [-0.39, 0.29) is 35.5 Å². The van der Waals surface area contributed by atoms with Gasteiger partial charge >= 0.3 is 0 Å². The summed E-state index contributed by atoms with van der Waals surface area (Å²) in [6.07, 6.45) is 3.83. The second kappa shape index (κ2) is 15.1. The van der Waals surface area contributed by atoms with Crippen LogP contribution < -0.4 is 4.80 Å². The molecule has 0 bridgehead atoms. The van der Waals surface area contributed by atoms with Gasteiger partial charge in [0, 0.05) is 24.6 Å². The average Bonchev–Trinajstić information content (AvgIpc) is 3.12. The van der Waals surface area contributed by atoms with Gasteiger partial charge in [-0.1, -0.05) is 42.7 Å². The van der Waals surface area contributed by atoms with Gasteiger partial charge in [0.2, 0.25) is 0 Å². The van der Waals surface area contributed by atoms with E-state index in [0.717, 1.165) is 48.4 Å². The van der Waals surface area contributed by atoms with Crippen LogP contribution in [0.4, 0.5) is 10.1 Å². The van der Waals surface area contributed by atoms with Crippen LogP contribution in [0.15, 0.2) is 58.9 Å². The van der Waals surface area contributed by atoms with Crippen molar-refractivity contribution in [1.82, 2.24) is 4.57 Å². The first kappa shape index (κ1) is 28.2. The summed E-state index contributed by atoms with van der Waals surface area (Å²) in [7, 11) is 0. The fourth-order valence-electron chi connectivity index (χ4n) is 2.95. The Morgan fingerprint density at radius 1 is 0.969 bits per heavy atom. The van der Waals surface area contributed by atoms with E-state index in [1.54, 1.807) is 37.3 Å². The molecule has 2 N–H and O–H groups in total. The van der Waals surface area contributed by atoms with Crippen LogP contribution in [0.2, 0.25) is 0 Å². The van der Waals surface area contributed by atoms with Crippen molar-refractivity contribution in [2.75, 3.05) is 6.61 Å². The molecule has 0 unspecified atom stereocenters. The topological polar surface area (TPSA) is 57.8 Å². The van der Waals surface area contributed by atoms with Crippen molar-refractivity contribution in [2.45, 2.75) is 59.1 Å². The number of thiazole rings is 1. The van der Waals surface area contributed by atoms with E-state index in [4.69, 9.17) is 15.2 Å². The molecule has 0 aliphatic carbocycles. The lowest BCUT2D eigenvalue weighted by Gasteiger charge is -2.09. The maximum Gasteiger partial charge on any atom is 0.190 e. The zero-order chi connectivity index (χ0) is 22.6. The summed E-state index contributed by atoms with van der Waals surface area (Å²) in [5, 5.41) is 19.1. The maximum atomic E-state index is 13.2. The van der Waals surface area contributed by atoms with Gasteiger partial charge in [-0.15, -0.1) is 28.3 Å². The van der Waals surface area contributed by atoms with E-state index in [1.165, 1.54) is 23.3 Å². The van der Waals surface area contributed by atoms with E-state index >= 15 is 0 Å². The molecule has 0 fully saturated rings. The highest BCUT2D eigenvalue weighted by molar-refractivity contribution is 8.93. The van der Waals surface area contributed by atoms with Crippen molar-refractivity contribution in [2.24, 2.45) is 4.99 Å². The average molecular weight is 526 g/mol. The summed E-state index contributed by atoms with van der Waals surface area (Å²) in [6.45, 7) is 6.66. The number of halogens is 2. The molecule has 7 heteroatoms.